The van der Waals surface area contributed by atoms with Gasteiger partial charge < -0.3 is 19.5 Å². The largest absolute Gasteiger partial charge is 0.496 e. The molecule has 2 amide bonds. The number of ether oxygens (including phenoxy) is 1. The van der Waals surface area contributed by atoms with Crippen LogP contribution in [0, 0.1) is 6.92 Å². The SMILES string of the molecule is COc1cc(-n2cccc2)c(Cl)cc1C(=O)Nc1c(C)cccc1C(=O)N1CCCC1. The van der Waals surface area contributed by atoms with Crippen LogP contribution in [-0.2, 0) is 0 Å². The van der Waals surface area contributed by atoms with Gasteiger partial charge in [0.1, 0.15) is 5.75 Å². The lowest BCUT2D eigenvalue weighted by atomic mass is 10.1. The van der Waals surface area contributed by atoms with Gasteiger partial charge in [-0.3, -0.25) is 9.59 Å². The number of amides is 2. The number of para-hydroxylation sites is 1. The second kappa shape index (κ2) is 8.86. The average molecular weight is 438 g/mol. The van der Waals surface area contributed by atoms with Gasteiger partial charge in [0.15, 0.2) is 0 Å². The molecule has 0 aliphatic carbocycles. The van der Waals surface area contributed by atoms with Crippen molar-refractivity contribution in [1.82, 2.24) is 9.47 Å². The smallest absolute Gasteiger partial charge is 0.259 e. The minimum absolute atomic E-state index is 0.0653. The second-order valence-electron chi connectivity index (χ2n) is 7.55. The van der Waals surface area contributed by atoms with Crippen LogP contribution in [0.3, 0.4) is 0 Å². The zero-order chi connectivity index (χ0) is 22.0. The molecule has 31 heavy (non-hydrogen) atoms. The van der Waals surface area contributed by atoms with Crippen molar-refractivity contribution in [3.05, 3.63) is 76.6 Å². The van der Waals surface area contributed by atoms with E-state index in [4.69, 9.17) is 16.3 Å². The Morgan fingerprint density at radius 1 is 1.03 bits per heavy atom. The van der Waals surface area contributed by atoms with Gasteiger partial charge in [-0.25, -0.2) is 0 Å². The van der Waals surface area contributed by atoms with E-state index < -0.39 is 0 Å². The lowest BCUT2D eigenvalue weighted by Crippen LogP contribution is -2.29. The first-order chi connectivity index (χ1) is 15.0. The molecule has 1 aromatic heterocycles. The van der Waals surface area contributed by atoms with Gasteiger partial charge in [0.25, 0.3) is 11.8 Å². The summed E-state index contributed by atoms with van der Waals surface area (Å²) in [5.41, 5.74) is 2.82. The molecule has 3 aromatic rings. The van der Waals surface area contributed by atoms with Gasteiger partial charge in [0, 0.05) is 31.5 Å². The minimum atomic E-state index is -0.387. The van der Waals surface area contributed by atoms with Crippen molar-refractivity contribution in [3.63, 3.8) is 0 Å². The summed E-state index contributed by atoms with van der Waals surface area (Å²) in [5.74, 6) is -0.0568. The highest BCUT2D eigenvalue weighted by molar-refractivity contribution is 6.33. The van der Waals surface area contributed by atoms with Crippen molar-refractivity contribution in [2.45, 2.75) is 19.8 Å². The molecule has 1 aliphatic heterocycles. The maximum Gasteiger partial charge on any atom is 0.259 e. The minimum Gasteiger partial charge on any atom is -0.496 e. The number of aromatic nitrogens is 1. The molecule has 0 saturated carbocycles. The number of methoxy groups -OCH3 is 1. The Morgan fingerprint density at radius 2 is 1.74 bits per heavy atom. The molecular formula is C24H24ClN3O3. The number of carbonyl (C=O) groups excluding carboxylic acids is 2. The second-order valence-corrected chi connectivity index (χ2v) is 7.95. The molecule has 0 bridgehead atoms. The van der Waals surface area contributed by atoms with Crippen LogP contribution in [-0.4, -0.2) is 41.5 Å². The van der Waals surface area contributed by atoms with E-state index in [1.807, 2.05) is 53.0 Å². The summed E-state index contributed by atoms with van der Waals surface area (Å²) >= 11 is 6.48. The number of nitrogens with one attached hydrogen (secondary N) is 1. The highest BCUT2D eigenvalue weighted by Gasteiger charge is 2.24. The van der Waals surface area contributed by atoms with Crippen LogP contribution in [0.2, 0.25) is 5.02 Å². The van der Waals surface area contributed by atoms with Crippen LogP contribution in [0.25, 0.3) is 5.69 Å². The Balaban J connectivity index is 1.67. The van der Waals surface area contributed by atoms with Gasteiger partial charge in [0.2, 0.25) is 0 Å². The van der Waals surface area contributed by atoms with Crippen molar-refractivity contribution in [2.75, 3.05) is 25.5 Å². The van der Waals surface area contributed by atoms with Crippen molar-refractivity contribution in [1.29, 1.82) is 0 Å². The third-order valence-electron chi connectivity index (χ3n) is 5.53. The quantitative estimate of drug-likeness (QED) is 0.615. The standard InChI is InChI=1S/C24H24ClN3O3/c1-16-8-7-9-17(24(30)28-12-5-6-13-28)22(16)26-23(29)18-14-19(25)20(15-21(18)31-2)27-10-3-4-11-27/h3-4,7-11,14-15H,5-6,12-13H2,1-2H3,(H,26,29). The summed E-state index contributed by atoms with van der Waals surface area (Å²) in [5, 5.41) is 3.34. The summed E-state index contributed by atoms with van der Waals surface area (Å²) in [4.78, 5) is 28.1. The summed E-state index contributed by atoms with van der Waals surface area (Å²) in [6.07, 6.45) is 5.74. The van der Waals surface area contributed by atoms with E-state index in [9.17, 15) is 9.59 Å². The topological polar surface area (TPSA) is 63.6 Å². The Labute approximate surface area is 186 Å². The summed E-state index contributed by atoms with van der Waals surface area (Å²) < 4.78 is 7.33. The fraction of sp³-hybridized carbons (Fsp3) is 0.250. The maximum absolute atomic E-state index is 13.2. The van der Waals surface area contributed by atoms with Crippen molar-refractivity contribution < 1.29 is 14.3 Å². The summed E-state index contributed by atoms with van der Waals surface area (Å²) in [6.45, 7) is 3.35. The third-order valence-corrected chi connectivity index (χ3v) is 5.83. The fourth-order valence-electron chi connectivity index (χ4n) is 3.87. The van der Waals surface area contributed by atoms with Gasteiger partial charge in [-0.05, 0) is 49.6 Å². The van der Waals surface area contributed by atoms with Crippen LogP contribution in [0.5, 0.6) is 5.75 Å². The number of rotatable bonds is 5. The van der Waals surface area contributed by atoms with E-state index in [1.54, 1.807) is 18.2 Å². The Kier molecular flexibility index (Phi) is 6.00. The monoisotopic (exact) mass is 437 g/mol. The normalized spacial score (nSPS) is 13.3. The van der Waals surface area contributed by atoms with E-state index in [2.05, 4.69) is 5.32 Å². The average Bonchev–Trinajstić information content (AvgIpc) is 3.49. The summed E-state index contributed by atoms with van der Waals surface area (Å²) in [7, 11) is 1.51. The molecule has 0 atom stereocenters. The van der Waals surface area contributed by atoms with Gasteiger partial charge >= 0.3 is 0 Å². The maximum atomic E-state index is 13.2. The number of anilines is 1. The molecule has 7 heteroatoms. The van der Waals surface area contributed by atoms with Crippen LogP contribution in [0.4, 0.5) is 5.69 Å². The van der Waals surface area contributed by atoms with E-state index >= 15 is 0 Å². The molecule has 0 radical (unpaired) electrons. The van der Waals surface area contributed by atoms with Crippen LogP contribution in [0.1, 0.15) is 39.1 Å². The van der Waals surface area contributed by atoms with E-state index in [0.29, 0.717) is 33.3 Å². The lowest BCUT2D eigenvalue weighted by molar-refractivity contribution is 0.0793. The zero-order valence-corrected chi connectivity index (χ0v) is 18.3. The van der Waals surface area contributed by atoms with Crippen LogP contribution >= 0.6 is 11.6 Å². The van der Waals surface area contributed by atoms with Gasteiger partial charge in [-0.1, -0.05) is 23.7 Å². The summed E-state index contributed by atoms with van der Waals surface area (Å²) in [6, 6.07) is 12.5. The molecule has 1 N–H and O–H groups in total. The number of halogens is 1. The van der Waals surface area contributed by atoms with E-state index in [-0.39, 0.29) is 11.8 Å². The number of aryl methyl sites for hydroxylation is 1. The Morgan fingerprint density at radius 3 is 2.42 bits per heavy atom. The number of hydrogen-bond acceptors (Lipinski definition) is 3. The molecule has 1 fully saturated rings. The van der Waals surface area contributed by atoms with Crippen LogP contribution < -0.4 is 10.1 Å². The fourth-order valence-corrected chi connectivity index (χ4v) is 4.13. The molecule has 160 valence electrons. The van der Waals surface area contributed by atoms with E-state index in [1.165, 1.54) is 7.11 Å². The number of carbonyl (C=O) groups is 2. The van der Waals surface area contributed by atoms with Gasteiger partial charge in [0.05, 0.1) is 34.6 Å². The first-order valence-electron chi connectivity index (χ1n) is 10.2. The van der Waals surface area contributed by atoms with Gasteiger partial charge in [-0.15, -0.1) is 0 Å². The lowest BCUT2D eigenvalue weighted by Gasteiger charge is -2.20. The first kappa shape index (κ1) is 21.0. The molecule has 4 rings (SSSR count). The molecular weight excluding hydrogens is 414 g/mol. The molecule has 0 spiro atoms. The number of benzene rings is 2. The highest BCUT2D eigenvalue weighted by atomic mass is 35.5. The number of likely N-dealkylation sites (tertiary alicyclic amines) is 1. The Hall–Kier alpha value is -3.25. The Bertz CT molecular complexity index is 1120. The first-order valence-corrected chi connectivity index (χ1v) is 10.6. The number of hydrogen-bond donors (Lipinski definition) is 1. The zero-order valence-electron chi connectivity index (χ0n) is 17.5. The van der Waals surface area contributed by atoms with Crippen molar-refractivity contribution >= 4 is 29.1 Å². The van der Waals surface area contributed by atoms with Gasteiger partial charge in [-0.2, -0.15) is 0 Å². The predicted octanol–water partition coefficient (Wildman–Crippen LogP) is 4.94. The molecule has 2 aromatic carbocycles. The molecule has 1 saturated heterocycles. The molecule has 0 unspecified atom stereocenters. The highest BCUT2D eigenvalue weighted by Crippen LogP contribution is 2.31. The van der Waals surface area contributed by atoms with Crippen LogP contribution in [0.15, 0.2) is 54.9 Å². The molecule has 2 heterocycles. The molecule has 1 aliphatic rings. The predicted molar refractivity (Wildman–Crippen MR) is 122 cm³/mol. The number of nitrogens with zero attached hydrogens (tertiary/aromatic N) is 2. The third kappa shape index (κ3) is 4.16. The van der Waals surface area contributed by atoms with Crippen molar-refractivity contribution in [2.24, 2.45) is 0 Å². The molecule has 6 nitrogen and oxygen atoms in total. The van der Waals surface area contributed by atoms with E-state index in [0.717, 1.165) is 31.5 Å². The van der Waals surface area contributed by atoms with Crippen molar-refractivity contribution in [3.8, 4) is 11.4 Å².